The molecule has 0 saturated carbocycles. The molecule has 0 spiro atoms. The summed E-state index contributed by atoms with van der Waals surface area (Å²) in [5.41, 5.74) is 5.51. The molecule has 0 aliphatic rings. The molecular weight excluding hydrogens is 264 g/mol. The summed E-state index contributed by atoms with van der Waals surface area (Å²) in [5, 5.41) is 10.5. The number of ether oxygens (including phenoxy) is 1. The third kappa shape index (κ3) is 3.49. The number of benzene rings is 1. The quantitative estimate of drug-likeness (QED) is 0.674. The molecule has 0 saturated heterocycles. The van der Waals surface area contributed by atoms with Crippen LogP contribution in [0.2, 0.25) is 0 Å². The van der Waals surface area contributed by atoms with E-state index < -0.39 is 4.92 Å². The number of nitro groups is 1. The Morgan fingerprint density at radius 2 is 2.33 bits per heavy atom. The zero-order chi connectivity index (χ0) is 11.4. The molecule has 0 heterocycles. The summed E-state index contributed by atoms with van der Waals surface area (Å²) in [6.07, 6.45) is 0. The van der Waals surface area contributed by atoms with Crippen LogP contribution in [0.5, 0.6) is 5.75 Å². The second-order valence-corrected chi connectivity index (χ2v) is 4.01. The van der Waals surface area contributed by atoms with Gasteiger partial charge < -0.3 is 10.5 Å². The Morgan fingerprint density at radius 1 is 1.67 bits per heavy atom. The van der Waals surface area contributed by atoms with Gasteiger partial charge in [0.05, 0.1) is 15.5 Å². The van der Waals surface area contributed by atoms with Crippen LogP contribution in [0.4, 0.5) is 5.69 Å². The van der Waals surface area contributed by atoms with Crippen molar-refractivity contribution in [2.24, 2.45) is 5.73 Å². The lowest BCUT2D eigenvalue weighted by molar-refractivity contribution is -0.385. The monoisotopic (exact) mass is 274 g/mol. The summed E-state index contributed by atoms with van der Waals surface area (Å²) in [6.45, 7) is 2.12. The van der Waals surface area contributed by atoms with Gasteiger partial charge >= 0.3 is 0 Å². The van der Waals surface area contributed by atoms with Gasteiger partial charge in [-0.05, 0) is 28.9 Å². The second-order valence-electron chi connectivity index (χ2n) is 3.16. The van der Waals surface area contributed by atoms with E-state index in [2.05, 4.69) is 15.9 Å². The van der Waals surface area contributed by atoms with E-state index in [1.807, 2.05) is 0 Å². The fourth-order valence-electron chi connectivity index (χ4n) is 0.937. The van der Waals surface area contributed by atoms with Crippen molar-refractivity contribution in [1.29, 1.82) is 0 Å². The smallest absolute Gasteiger partial charge is 0.273 e. The number of hydrogen-bond acceptors (Lipinski definition) is 4. The van der Waals surface area contributed by atoms with Gasteiger partial charge in [-0.3, -0.25) is 10.1 Å². The fraction of sp³-hybridized carbons (Fsp3) is 0.333. The van der Waals surface area contributed by atoms with Crippen LogP contribution in [-0.4, -0.2) is 17.6 Å². The van der Waals surface area contributed by atoms with Crippen LogP contribution in [-0.2, 0) is 0 Å². The first kappa shape index (κ1) is 11.9. The molecule has 82 valence electrons. The molecule has 15 heavy (non-hydrogen) atoms. The van der Waals surface area contributed by atoms with E-state index in [0.29, 0.717) is 16.8 Å². The van der Waals surface area contributed by atoms with Gasteiger partial charge in [0.15, 0.2) is 0 Å². The lowest BCUT2D eigenvalue weighted by atomic mass is 10.3. The SMILES string of the molecule is CC(N)COc1cc([N+](=O)[O-])ccc1Br. The van der Waals surface area contributed by atoms with Crippen LogP contribution in [0.15, 0.2) is 22.7 Å². The Hall–Kier alpha value is -1.14. The number of nitro benzene ring substituents is 1. The van der Waals surface area contributed by atoms with Crippen molar-refractivity contribution in [2.75, 3.05) is 6.61 Å². The minimum Gasteiger partial charge on any atom is -0.491 e. The van der Waals surface area contributed by atoms with Crippen LogP contribution in [0.3, 0.4) is 0 Å². The highest BCUT2D eigenvalue weighted by Gasteiger charge is 2.10. The predicted molar refractivity (Wildman–Crippen MR) is 59.9 cm³/mol. The molecule has 0 aliphatic carbocycles. The Kier molecular flexibility index (Phi) is 4.05. The van der Waals surface area contributed by atoms with E-state index in [1.165, 1.54) is 12.1 Å². The van der Waals surface area contributed by atoms with Crippen molar-refractivity contribution in [2.45, 2.75) is 13.0 Å². The summed E-state index contributed by atoms with van der Waals surface area (Å²) in [5.74, 6) is 0.432. The van der Waals surface area contributed by atoms with Gasteiger partial charge in [-0.1, -0.05) is 0 Å². The van der Waals surface area contributed by atoms with Gasteiger partial charge in [0.25, 0.3) is 5.69 Å². The minimum atomic E-state index is -0.467. The van der Waals surface area contributed by atoms with Crippen LogP contribution in [0.1, 0.15) is 6.92 Å². The van der Waals surface area contributed by atoms with Crippen molar-refractivity contribution in [3.05, 3.63) is 32.8 Å². The number of non-ortho nitro benzene ring substituents is 1. The Balaban J connectivity index is 2.85. The Labute approximate surface area is 95.5 Å². The average molecular weight is 275 g/mol. The summed E-state index contributed by atoms with van der Waals surface area (Å²) in [4.78, 5) is 10.0. The average Bonchev–Trinajstić information content (AvgIpc) is 2.16. The van der Waals surface area contributed by atoms with Crippen LogP contribution in [0.25, 0.3) is 0 Å². The molecule has 1 aromatic carbocycles. The molecule has 2 N–H and O–H groups in total. The van der Waals surface area contributed by atoms with Crippen molar-refractivity contribution in [3.63, 3.8) is 0 Å². The predicted octanol–water partition coefficient (Wildman–Crippen LogP) is 2.08. The van der Waals surface area contributed by atoms with Crippen LogP contribution in [0, 0.1) is 10.1 Å². The molecule has 1 atom stereocenters. The maximum atomic E-state index is 10.5. The number of nitrogens with zero attached hydrogens (tertiary/aromatic N) is 1. The number of rotatable bonds is 4. The topological polar surface area (TPSA) is 78.4 Å². The molecule has 5 nitrogen and oxygen atoms in total. The van der Waals surface area contributed by atoms with Crippen molar-refractivity contribution in [1.82, 2.24) is 0 Å². The number of nitrogens with two attached hydrogens (primary N) is 1. The van der Waals surface area contributed by atoms with Gasteiger partial charge in [0.2, 0.25) is 0 Å². The van der Waals surface area contributed by atoms with E-state index >= 15 is 0 Å². The first-order valence-corrected chi connectivity index (χ1v) is 5.12. The van der Waals surface area contributed by atoms with E-state index in [-0.39, 0.29) is 11.7 Å². The molecule has 1 unspecified atom stereocenters. The maximum absolute atomic E-state index is 10.5. The first-order valence-electron chi connectivity index (χ1n) is 4.33. The second kappa shape index (κ2) is 5.09. The normalized spacial score (nSPS) is 12.2. The lowest BCUT2D eigenvalue weighted by Gasteiger charge is -2.09. The Bertz CT molecular complexity index is 368. The molecule has 1 rings (SSSR count). The van der Waals surface area contributed by atoms with E-state index in [4.69, 9.17) is 10.5 Å². The number of halogens is 1. The van der Waals surface area contributed by atoms with Crippen molar-refractivity contribution >= 4 is 21.6 Å². The third-order valence-corrected chi connectivity index (χ3v) is 2.28. The largest absolute Gasteiger partial charge is 0.491 e. The highest BCUT2D eigenvalue weighted by atomic mass is 79.9. The molecule has 0 aromatic heterocycles. The van der Waals surface area contributed by atoms with Gasteiger partial charge in [-0.25, -0.2) is 0 Å². The first-order chi connectivity index (χ1) is 7.00. The molecule has 1 aromatic rings. The van der Waals surface area contributed by atoms with Gasteiger partial charge in [0, 0.05) is 12.1 Å². The van der Waals surface area contributed by atoms with Crippen LogP contribution < -0.4 is 10.5 Å². The molecule has 0 fully saturated rings. The van der Waals surface area contributed by atoms with Crippen LogP contribution >= 0.6 is 15.9 Å². The molecule has 0 radical (unpaired) electrons. The lowest BCUT2D eigenvalue weighted by Crippen LogP contribution is -2.23. The molecular formula is C9H11BrN2O3. The zero-order valence-corrected chi connectivity index (χ0v) is 9.73. The zero-order valence-electron chi connectivity index (χ0n) is 8.14. The van der Waals surface area contributed by atoms with Crippen molar-refractivity contribution < 1.29 is 9.66 Å². The summed E-state index contributed by atoms with van der Waals surface area (Å²) in [7, 11) is 0. The molecule has 0 aliphatic heterocycles. The van der Waals surface area contributed by atoms with Gasteiger partial charge in [-0.2, -0.15) is 0 Å². The van der Waals surface area contributed by atoms with Gasteiger partial charge in [-0.15, -0.1) is 0 Å². The molecule has 6 heteroatoms. The third-order valence-electron chi connectivity index (χ3n) is 1.63. The standard InChI is InChI=1S/C9H11BrN2O3/c1-6(11)5-15-9-4-7(12(13)14)2-3-8(9)10/h2-4,6H,5,11H2,1H3. The highest BCUT2D eigenvalue weighted by molar-refractivity contribution is 9.10. The van der Waals surface area contributed by atoms with E-state index in [0.717, 1.165) is 0 Å². The summed E-state index contributed by atoms with van der Waals surface area (Å²) < 4.78 is 5.99. The van der Waals surface area contributed by atoms with E-state index in [1.54, 1.807) is 13.0 Å². The summed E-state index contributed by atoms with van der Waals surface area (Å²) >= 11 is 3.24. The van der Waals surface area contributed by atoms with Gasteiger partial charge in [0.1, 0.15) is 12.4 Å². The van der Waals surface area contributed by atoms with E-state index in [9.17, 15) is 10.1 Å². The number of hydrogen-bond donors (Lipinski definition) is 1. The Morgan fingerprint density at radius 3 is 2.87 bits per heavy atom. The summed E-state index contributed by atoms with van der Waals surface area (Å²) in [6, 6.07) is 4.24. The highest BCUT2D eigenvalue weighted by Crippen LogP contribution is 2.29. The van der Waals surface area contributed by atoms with Crippen molar-refractivity contribution in [3.8, 4) is 5.75 Å². The molecule has 0 amide bonds. The fourth-order valence-corrected chi connectivity index (χ4v) is 1.30. The maximum Gasteiger partial charge on any atom is 0.273 e. The molecule has 0 bridgehead atoms. The minimum absolute atomic E-state index is 0.00197.